The van der Waals surface area contributed by atoms with Crippen molar-refractivity contribution in [1.29, 1.82) is 0 Å². The molecule has 0 radical (unpaired) electrons. The van der Waals surface area contributed by atoms with Crippen LogP contribution in [0, 0.1) is 5.92 Å². The molecule has 0 saturated carbocycles. The van der Waals surface area contributed by atoms with Crippen molar-refractivity contribution in [2.45, 2.75) is 25.4 Å². The fourth-order valence-electron chi connectivity index (χ4n) is 3.83. The van der Waals surface area contributed by atoms with Gasteiger partial charge in [0.1, 0.15) is 18.5 Å². The van der Waals surface area contributed by atoms with E-state index in [0.717, 1.165) is 51.6 Å². The van der Waals surface area contributed by atoms with E-state index in [1.54, 1.807) is 18.2 Å². The average Bonchev–Trinajstić information content (AvgIpc) is 2.62. The number of hydrogen-bond acceptors (Lipinski definition) is 7. The van der Waals surface area contributed by atoms with E-state index in [0.29, 0.717) is 18.1 Å². The van der Waals surface area contributed by atoms with Gasteiger partial charge in [0, 0.05) is 25.7 Å². The zero-order valence-corrected chi connectivity index (χ0v) is 14.5. The number of benzene rings is 1. The summed E-state index contributed by atoms with van der Waals surface area (Å²) < 4.78 is 11.7. The first-order valence-corrected chi connectivity index (χ1v) is 9.23. The van der Waals surface area contributed by atoms with Gasteiger partial charge in [-0.2, -0.15) is 0 Å². The molecule has 2 saturated heterocycles. The number of aromatic hydroxyl groups is 1. The average molecular weight is 349 g/mol. The second-order valence-corrected chi connectivity index (χ2v) is 7.26. The molecule has 0 aromatic heterocycles. The fraction of sp³-hybridized carbons (Fsp3) is 0.667. The van der Waals surface area contributed by atoms with Crippen molar-refractivity contribution < 1.29 is 19.8 Å². The molecule has 3 aliphatic heterocycles. The molecule has 7 heteroatoms. The Bertz CT molecular complexity index is 592. The highest BCUT2D eigenvalue weighted by Gasteiger charge is 2.28. The minimum Gasteiger partial charge on any atom is -0.508 e. The summed E-state index contributed by atoms with van der Waals surface area (Å²) in [4.78, 5) is 2.46. The van der Waals surface area contributed by atoms with Gasteiger partial charge in [-0.05, 0) is 50.4 Å². The number of likely N-dealkylation sites (tertiary alicyclic amines) is 1. The Kier molecular flexibility index (Phi) is 4.98. The topological polar surface area (TPSA) is 68.6 Å². The number of fused-ring (bicyclic) bond motifs is 1. The lowest BCUT2D eigenvalue weighted by molar-refractivity contribution is -0.306. The highest BCUT2D eigenvalue weighted by molar-refractivity contribution is 5.46. The number of nitrogens with zero attached hydrogens (tertiary/aromatic N) is 3. The number of phenols is 1. The lowest BCUT2D eigenvalue weighted by Crippen LogP contribution is -2.55. The number of ether oxygens (including phenoxy) is 2. The molecule has 138 valence electrons. The van der Waals surface area contributed by atoms with Gasteiger partial charge in [0.15, 0.2) is 11.5 Å². The van der Waals surface area contributed by atoms with Gasteiger partial charge < -0.3 is 14.6 Å². The number of hydrogen-bond donors (Lipinski definition) is 2. The van der Waals surface area contributed by atoms with Crippen molar-refractivity contribution in [2.75, 3.05) is 45.9 Å². The van der Waals surface area contributed by atoms with Gasteiger partial charge >= 0.3 is 0 Å². The van der Waals surface area contributed by atoms with Crippen molar-refractivity contribution in [3.05, 3.63) is 18.2 Å². The van der Waals surface area contributed by atoms with Crippen LogP contribution in [-0.4, -0.2) is 77.4 Å². The molecule has 25 heavy (non-hydrogen) atoms. The Labute approximate surface area is 148 Å². The van der Waals surface area contributed by atoms with Crippen LogP contribution in [0.2, 0.25) is 0 Å². The molecule has 3 aliphatic rings. The smallest absolute Gasteiger partial charge is 0.165 e. The molecule has 4 rings (SSSR count). The van der Waals surface area contributed by atoms with Crippen LogP contribution in [0.5, 0.6) is 17.2 Å². The van der Waals surface area contributed by atoms with Gasteiger partial charge in [-0.15, -0.1) is 5.17 Å². The highest BCUT2D eigenvalue weighted by atomic mass is 16.6. The molecule has 0 amide bonds. The highest BCUT2D eigenvalue weighted by Crippen LogP contribution is 2.35. The summed E-state index contributed by atoms with van der Waals surface area (Å²) in [7, 11) is 0. The zero-order valence-electron chi connectivity index (χ0n) is 14.5. The molecule has 7 nitrogen and oxygen atoms in total. The van der Waals surface area contributed by atoms with E-state index in [4.69, 9.17) is 9.47 Å². The summed E-state index contributed by atoms with van der Waals surface area (Å²) in [5.41, 5.74) is 0. The first-order chi connectivity index (χ1) is 12.2. The minimum absolute atomic E-state index is 0.0395. The van der Waals surface area contributed by atoms with Crippen LogP contribution in [0.4, 0.5) is 0 Å². The Balaban J connectivity index is 1.19. The van der Waals surface area contributed by atoms with Crippen LogP contribution in [0.15, 0.2) is 18.2 Å². The van der Waals surface area contributed by atoms with Gasteiger partial charge in [-0.3, -0.25) is 10.1 Å². The monoisotopic (exact) mass is 349 g/mol. The third-order valence-corrected chi connectivity index (χ3v) is 5.49. The zero-order chi connectivity index (χ0) is 17.2. The molecule has 3 heterocycles. The maximum Gasteiger partial charge on any atom is 0.165 e. The third kappa shape index (κ3) is 4.00. The number of phenolic OH excluding ortho intramolecular Hbond substituents is 1. The van der Waals surface area contributed by atoms with E-state index >= 15 is 0 Å². The maximum absolute atomic E-state index is 9.49. The van der Waals surface area contributed by atoms with Crippen LogP contribution < -0.4 is 9.47 Å². The summed E-state index contributed by atoms with van der Waals surface area (Å²) in [5.74, 6) is 2.29. The van der Waals surface area contributed by atoms with Crippen LogP contribution in [0.25, 0.3) is 0 Å². The molecule has 1 atom stereocenters. The van der Waals surface area contributed by atoms with Crippen LogP contribution >= 0.6 is 0 Å². The van der Waals surface area contributed by atoms with Gasteiger partial charge in [0.25, 0.3) is 0 Å². The lowest BCUT2D eigenvalue weighted by Gasteiger charge is -2.40. The quantitative estimate of drug-likeness (QED) is 0.836. The predicted octanol–water partition coefficient (Wildman–Crippen LogP) is 1.56. The van der Waals surface area contributed by atoms with Gasteiger partial charge in [-0.1, -0.05) is 0 Å². The third-order valence-electron chi connectivity index (χ3n) is 5.49. The fourth-order valence-corrected chi connectivity index (χ4v) is 3.83. The number of piperidine rings is 1. The molecule has 2 N–H and O–H groups in total. The van der Waals surface area contributed by atoms with Crippen molar-refractivity contribution >= 4 is 0 Å². The second-order valence-electron chi connectivity index (χ2n) is 7.26. The largest absolute Gasteiger partial charge is 0.508 e. The van der Waals surface area contributed by atoms with E-state index in [1.807, 2.05) is 5.01 Å². The SMILES string of the molecule is Oc1ccc2c(c1)OC[C@H](CN1CCC(CCN3CCN3O)CC1)O2. The van der Waals surface area contributed by atoms with Gasteiger partial charge in [-0.25, -0.2) is 5.01 Å². The van der Waals surface area contributed by atoms with E-state index in [2.05, 4.69) is 4.90 Å². The first kappa shape index (κ1) is 16.9. The Hall–Kier alpha value is -1.54. The standard InChI is InChI=1S/C18H27N3O4/c22-15-1-2-17-18(11-15)24-13-16(25-17)12-19-6-3-14(4-7-19)5-8-20-9-10-21(20)23/h1-2,11,14,16,22-23H,3-10,12-13H2/t16-/m0/s1. The molecule has 1 aromatic rings. The van der Waals surface area contributed by atoms with Gasteiger partial charge in [0.2, 0.25) is 0 Å². The van der Waals surface area contributed by atoms with E-state index < -0.39 is 0 Å². The van der Waals surface area contributed by atoms with Crippen LogP contribution in [0.1, 0.15) is 19.3 Å². The van der Waals surface area contributed by atoms with E-state index in [1.165, 1.54) is 18.0 Å². The molecule has 0 unspecified atom stereocenters. The van der Waals surface area contributed by atoms with Crippen molar-refractivity contribution in [3.8, 4) is 17.2 Å². The van der Waals surface area contributed by atoms with E-state index in [9.17, 15) is 10.3 Å². The summed E-state index contributed by atoms with van der Waals surface area (Å²) >= 11 is 0. The summed E-state index contributed by atoms with van der Waals surface area (Å²) in [5, 5.41) is 22.3. The first-order valence-electron chi connectivity index (χ1n) is 9.23. The summed E-state index contributed by atoms with van der Waals surface area (Å²) in [6, 6.07) is 4.99. The Morgan fingerprint density at radius 3 is 2.64 bits per heavy atom. The van der Waals surface area contributed by atoms with Crippen molar-refractivity contribution in [2.24, 2.45) is 5.92 Å². The molecule has 0 spiro atoms. The summed E-state index contributed by atoms with van der Waals surface area (Å²) in [6.45, 7) is 6.30. The molecule has 0 bridgehead atoms. The van der Waals surface area contributed by atoms with Crippen molar-refractivity contribution in [3.63, 3.8) is 0 Å². The van der Waals surface area contributed by atoms with Crippen LogP contribution in [0.3, 0.4) is 0 Å². The minimum atomic E-state index is 0.0395. The van der Waals surface area contributed by atoms with Crippen LogP contribution in [-0.2, 0) is 0 Å². The molecule has 1 aromatic carbocycles. The normalized spacial score (nSPS) is 25.7. The van der Waals surface area contributed by atoms with Crippen molar-refractivity contribution in [1.82, 2.24) is 15.1 Å². The number of hydrazine groups is 1. The van der Waals surface area contributed by atoms with Gasteiger partial charge in [0.05, 0.1) is 6.54 Å². The molecular weight excluding hydrogens is 322 g/mol. The molecule has 2 fully saturated rings. The maximum atomic E-state index is 9.49. The number of hydroxylamine groups is 1. The lowest BCUT2D eigenvalue weighted by atomic mass is 9.93. The molecular formula is C18H27N3O4. The Morgan fingerprint density at radius 1 is 1.08 bits per heavy atom. The predicted molar refractivity (Wildman–Crippen MR) is 91.9 cm³/mol. The summed E-state index contributed by atoms with van der Waals surface area (Å²) in [6.07, 6.45) is 3.61. The number of rotatable bonds is 5. The van der Waals surface area contributed by atoms with E-state index in [-0.39, 0.29) is 11.9 Å². The Morgan fingerprint density at radius 2 is 1.92 bits per heavy atom. The molecule has 0 aliphatic carbocycles. The second kappa shape index (κ2) is 7.37.